The zero-order valence-corrected chi connectivity index (χ0v) is 12.1. The van der Waals surface area contributed by atoms with Crippen molar-refractivity contribution in [2.75, 3.05) is 36.5 Å². The molecular formula is C13H21N3O2S. The normalized spacial score (nSPS) is 19.8. The molecule has 19 heavy (non-hydrogen) atoms. The number of pyridine rings is 1. The van der Waals surface area contributed by atoms with Crippen LogP contribution >= 0.6 is 0 Å². The SMILES string of the molecule is CCNc1cc(CN2CCCS(=O)(=O)CC2)ccn1. The van der Waals surface area contributed by atoms with Crippen LogP contribution in [0.1, 0.15) is 18.9 Å². The van der Waals surface area contributed by atoms with Crippen LogP contribution < -0.4 is 5.32 Å². The second kappa shape index (κ2) is 6.34. The van der Waals surface area contributed by atoms with Crippen molar-refractivity contribution >= 4 is 15.7 Å². The van der Waals surface area contributed by atoms with Crippen molar-refractivity contribution < 1.29 is 8.42 Å². The molecule has 1 aliphatic heterocycles. The molecule has 0 spiro atoms. The average Bonchev–Trinajstić information content (AvgIpc) is 2.52. The van der Waals surface area contributed by atoms with E-state index in [2.05, 4.69) is 15.2 Å². The van der Waals surface area contributed by atoms with Gasteiger partial charge in [-0.2, -0.15) is 0 Å². The van der Waals surface area contributed by atoms with Crippen LogP contribution in [-0.4, -0.2) is 49.4 Å². The quantitative estimate of drug-likeness (QED) is 0.897. The lowest BCUT2D eigenvalue weighted by atomic mass is 10.2. The van der Waals surface area contributed by atoms with Crippen molar-refractivity contribution in [2.24, 2.45) is 0 Å². The van der Waals surface area contributed by atoms with Gasteiger partial charge in [0.2, 0.25) is 0 Å². The summed E-state index contributed by atoms with van der Waals surface area (Å²) in [5.74, 6) is 1.48. The molecule has 0 aliphatic carbocycles. The van der Waals surface area contributed by atoms with Gasteiger partial charge in [-0.15, -0.1) is 0 Å². The third kappa shape index (κ3) is 4.47. The monoisotopic (exact) mass is 283 g/mol. The van der Waals surface area contributed by atoms with Crippen molar-refractivity contribution in [1.29, 1.82) is 0 Å². The molecule has 0 atom stereocenters. The zero-order valence-electron chi connectivity index (χ0n) is 11.3. The van der Waals surface area contributed by atoms with E-state index in [-0.39, 0.29) is 5.75 Å². The van der Waals surface area contributed by atoms with Crippen molar-refractivity contribution in [1.82, 2.24) is 9.88 Å². The second-order valence-corrected chi connectivity index (χ2v) is 7.16. The van der Waals surface area contributed by atoms with E-state index in [0.717, 1.165) is 31.9 Å². The highest BCUT2D eigenvalue weighted by Gasteiger charge is 2.19. The molecule has 1 aromatic heterocycles. The number of nitrogens with one attached hydrogen (secondary N) is 1. The van der Waals surface area contributed by atoms with Gasteiger partial charge in [0.25, 0.3) is 0 Å². The fraction of sp³-hybridized carbons (Fsp3) is 0.615. The Morgan fingerprint density at radius 2 is 2.21 bits per heavy atom. The molecule has 0 radical (unpaired) electrons. The van der Waals surface area contributed by atoms with Crippen molar-refractivity contribution in [3.63, 3.8) is 0 Å². The number of hydrogen-bond donors (Lipinski definition) is 1. The minimum Gasteiger partial charge on any atom is -0.370 e. The number of nitrogens with zero attached hydrogens (tertiary/aromatic N) is 2. The van der Waals surface area contributed by atoms with Crippen LogP contribution in [0.15, 0.2) is 18.3 Å². The maximum atomic E-state index is 11.6. The predicted molar refractivity (Wildman–Crippen MR) is 76.9 cm³/mol. The fourth-order valence-corrected chi connectivity index (χ4v) is 3.57. The number of rotatable bonds is 4. The van der Waals surface area contributed by atoms with Crippen molar-refractivity contribution in [3.8, 4) is 0 Å². The minimum atomic E-state index is -2.83. The molecule has 1 aliphatic rings. The van der Waals surface area contributed by atoms with Crippen LogP contribution in [0.3, 0.4) is 0 Å². The summed E-state index contributed by atoms with van der Waals surface area (Å²) in [5, 5.41) is 3.19. The summed E-state index contributed by atoms with van der Waals surface area (Å²) < 4.78 is 23.1. The predicted octanol–water partition coefficient (Wildman–Crippen LogP) is 1.13. The molecule has 106 valence electrons. The van der Waals surface area contributed by atoms with Crippen molar-refractivity contribution in [3.05, 3.63) is 23.9 Å². The Labute approximate surface area is 114 Å². The van der Waals surface area contributed by atoms with Gasteiger partial charge in [-0.05, 0) is 37.6 Å². The van der Waals surface area contributed by atoms with Crippen LogP contribution in [0.2, 0.25) is 0 Å². The molecule has 0 amide bonds. The lowest BCUT2D eigenvalue weighted by molar-refractivity contribution is 0.287. The summed E-state index contributed by atoms with van der Waals surface area (Å²) >= 11 is 0. The molecule has 1 N–H and O–H groups in total. The van der Waals surface area contributed by atoms with E-state index in [0.29, 0.717) is 12.3 Å². The van der Waals surface area contributed by atoms with E-state index in [1.807, 2.05) is 19.1 Å². The molecule has 0 unspecified atom stereocenters. The molecule has 1 fully saturated rings. The van der Waals surface area contributed by atoms with Crippen molar-refractivity contribution in [2.45, 2.75) is 19.9 Å². The molecule has 0 aromatic carbocycles. The Bertz CT molecular complexity index is 516. The molecule has 2 heterocycles. The summed E-state index contributed by atoms with van der Waals surface area (Å²) in [7, 11) is -2.83. The molecule has 6 heteroatoms. The van der Waals surface area contributed by atoms with E-state index in [4.69, 9.17) is 0 Å². The Hall–Kier alpha value is -1.14. The Morgan fingerprint density at radius 3 is 3.00 bits per heavy atom. The molecular weight excluding hydrogens is 262 g/mol. The van der Waals surface area contributed by atoms with Crippen LogP contribution in [0, 0.1) is 0 Å². The highest BCUT2D eigenvalue weighted by molar-refractivity contribution is 7.91. The first-order valence-electron chi connectivity index (χ1n) is 6.70. The van der Waals surface area contributed by atoms with E-state index in [9.17, 15) is 8.42 Å². The first kappa shape index (κ1) is 14.3. The van der Waals surface area contributed by atoms with E-state index in [1.54, 1.807) is 6.20 Å². The van der Waals surface area contributed by atoms with E-state index in [1.165, 1.54) is 5.56 Å². The highest BCUT2D eigenvalue weighted by Crippen LogP contribution is 2.12. The molecule has 1 saturated heterocycles. The third-order valence-corrected chi connectivity index (χ3v) is 4.95. The van der Waals surface area contributed by atoms with Gasteiger partial charge in [0.1, 0.15) is 5.82 Å². The Kier molecular flexibility index (Phi) is 4.76. The first-order chi connectivity index (χ1) is 9.09. The van der Waals surface area contributed by atoms with Gasteiger partial charge in [-0.3, -0.25) is 4.90 Å². The summed E-state index contributed by atoms with van der Waals surface area (Å²) in [6, 6.07) is 4.02. The zero-order chi connectivity index (χ0) is 13.7. The van der Waals surface area contributed by atoms with Crippen LogP contribution in [-0.2, 0) is 16.4 Å². The van der Waals surface area contributed by atoms with Crippen LogP contribution in [0.4, 0.5) is 5.82 Å². The number of hydrogen-bond acceptors (Lipinski definition) is 5. The van der Waals surface area contributed by atoms with Crippen LogP contribution in [0.25, 0.3) is 0 Å². The smallest absolute Gasteiger partial charge is 0.151 e. The van der Waals surface area contributed by atoms with Gasteiger partial charge < -0.3 is 5.32 Å². The maximum absolute atomic E-state index is 11.6. The maximum Gasteiger partial charge on any atom is 0.151 e. The summed E-state index contributed by atoms with van der Waals surface area (Å²) in [5.41, 5.74) is 1.17. The van der Waals surface area contributed by atoms with Crippen LogP contribution in [0.5, 0.6) is 0 Å². The van der Waals surface area contributed by atoms with Gasteiger partial charge in [-0.25, -0.2) is 13.4 Å². The highest BCUT2D eigenvalue weighted by atomic mass is 32.2. The lowest BCUT2D eigenvalue weighted by Crippen LogP contribution is -2.26. The van der Waals surface area contributed by atoms with Gasteiger partial charge in [0.05, 0.1) is 11.5 Å². The topological polar surface area (TPSA) is 62.3 Å². The molecule has 5 nitrogen and oxygen atoms in total. The molecule has 0 bridgehead atoms. The average molecular weight is 283 g/mol. The molecule has 1 aromatic rings. The Balaban J connectivity index is 1.98. The summed E-state index contributed by atoms with van der Waals surface area (Å²) in [6.07, 6.45) is 2.52. The summed E-state index contributed by atoms with van der Waals surface area (Å²) in [6.45, 7) is 5.14. The van der Waals surface area contributed by atoms with Gasteiger partial charge in [0.15, 0.2) is 9.84 Å². The minimum absolute atomic E-state index is 0.276. The molecule has 2 rings (SSSR count). The second-order valence-electron chi connectivity index (χ2n) is 4.86. The molecule has 0 saturated carbocycles. The van der Waals surface area contributed by atoms with Gasteiger partial charge in [-0.1, -0.05) is 0 Å². The first-order valence-corrected chi connectivity index (χ1v) is 8.53. The Morgan fingerprint density at radius 1 is 1.37 bits per heavy atom. The van der Waals surface area contributed by atoms with E-state index < -0.39 is 9.84 Å². The number of anilines is 1. The lowest BCUT2D eigenvalue weighted by Gasteiger charge is -2.19. The standard InChI is InChI=1S/C13H21N3O2S/c1-2-14-13-10-12(4-5-15-13)11-16-6-3-8-19(17,18)9-7-16/h4-5,10H,2-3,6-9,11H2,1H3,(H,14,15). The van der Waals surface area contributed by atoms with Gasteiger partial charge >= 0.3 is 0 Å². The number of sulfone groups is 1. The fourth-order valence-electron chi connectivity index (χ4n) is 2.26. The van der Waals surface area contributed by atoms with Gasteiger partial charge in [0, 0.05) is 25.8 Å². The third-order valence-electron chi connectivity index (χ3n) is 3.24. The van der Waals surface area contributed by atoms with E-state index >= 15 is 0 Å². The number of aromatic nitrogens is 1. The largest absolute Gasteiger partial charge is 0.370 e. The summed E-state index contributed by atoms with van der Waals surface area (Å²) in [4.78, 5) is 6.44.